The van der Waals surface area contributed by atoms with E-state index in [1.165, 1.54) is 17.4 Å². The van der Waals surface area contributed by atoms with Gasteiger partial charge in [0.25, 0.3) is 5.91 Å². The third kappa shape index (κ3) is 4.61. The molecule has 0 N–H and O–H groups in total. The molecule has 0 aliphatic carbocycles. The lowest BCUT2D eigenvalue weighted by molar-refractivity contribution is -0.117. The number of ether oxygens (including phenoxy) is 2. The molecule has 7 heteroatoms. The molecule has 0 atom stereocenters. The molecule has 0 unspecified atom stereocenters. The third-order valence-corrected chi connectivity index (χ3v) is 5.07. The first-order valence-corrected chi connectivity index (χ1v) is 9.50. The summed E-state index contributed by atoms with van der Waals surface area (Å²) in [5.41, 5.74) is 1.27. The fraction of sp³-hybridized carbons (Fsp3) is 0.300. The van der Waals surface area contributed by atoms with Gasteiger partial charge in [0.1, 0.15) is 11.6 Å². The number of hydrogen-bond donors (Lipinski definition) is 0. The molecule has 1 amide bonds. The summed E-state index contributed by atoms with van der Waals surface area (Å²) < 4.78 is 27.4. The quantitative estimate of drug-likeness (QED) is 0.582. The van der Waals surface area contributed by atoms with Crippen molar-refractivity contribution in [2.24, 2.45) is 4.99 Å². The number of carbonyl (C=O) groups is 1. The smallest absolute Gasteiger partial charge is 0.252 e. The van der Waals surface area contributed by atoms with E-state index in [1.54, 1.807) is 23.8 Å². The zero-order valence-electron chi connectivity index (χ0n) is 15.3. The first-order valence-electron chi connectivity index (χ1n) is 8.68. The number of benzene rings is 2. The van der Waals surface area contributed by atoms with Crippen LogP contribution >= 0.6 is 11.3 Å². The Morgan fingerprint density at radius 3 is 2.85 bits per heavy atom. The Labute approximate surface area is 160 Å². The molecule has 1 heterocycles. The van der Waals surface area contributed by atoms with Crippen molar-refractivity contribution in [1.29, 1.82) is 0 Å². The third-order valence-electron chi connectivity index (χ3n) is 4.03. The van der Waals surface area contributed by atoms with Crippen LogP contribution in [0.15, 0.2) is 47.5 Å². The Bertz CT molecular complexity index is 1010. The predicted octanol–water partition coefficient (Wildman–Crippen LogP) is 3.56. The molecule has 27 heavy (non-hydrogen) atoms. The van der Waals surface area contributed by atoms with Crippen LogP contribution in [0.4, 0.5) is 4.39 Å². The van der Waals surface area contributed by atoms with Gasteiger partial charge in [0.05, 0.1) is 30.4 Å². The molecule has 1 aromatic heterocycles. The number of hydrogen-bond acceptors (Lipinski definition) is 4. The highest BCUT2D eigenvalue weighted by Gasteiger charge is 2.12. The lowest BCUT2D eigenvalue weighted by Crippen LogP contribution is -2.20. The summed E-state index contributed by atoms with van der Waals surface area (Å²) in [4.78, 5) is 17.2. The molecular formula is C20H21FN2O3S. The minimum absolute atomic E-state index is 0.152. The minimum Gasteiger partial charge on any atom is -0.497 e. The molecule has 0 radical (unpaired) electrons. The van der Waals surface area contributed by atoms with Crippen LogP contribution in [0.2, 0.25) is 0 Å². The van der Waals surface area contributed by atoms with Crippen LogP contribution in [-0.2, 0) is 22.5 Å². The van der Waals surface area contributed by atoms with Crippen LogP contribution in [-0.4, -0.2) is 30.8 Å². The van der Waals surface area contributed by atoms with Gasteiger partial charge in [0, 0.05) is 13.2 Å². The van der Waals surface area contributed by atoms with Gasteiger partial charge in [0.15, 0.2) is 4.80 Å². The van der Waals surface area contributed by atoms with Crippen LogP contribution in [0.5, 0.6) is 5.75 Å². The molecule has 5 nitrogen and oxygen atoms in total. The van der Waals surface area contributed by atoms with E-state index in [9.17, 15) is 9.18 Å². The predicted molar refractivity (Wildman–Crippen MR) is 104 cm³/mol. The molecule has 3 rings (SSSR count). The number of halogens is 1. The van der Waals surface area contributed by atoms with Crippen molar-refractivity contribution < 1.29 is 18.7 Å². The van der Waals surface area contributed by atoms with Crippen molar-refractivity contribution in [3.63, 3.8) is 0 Å². The van der Waals surface area contributed by atoms with E-state index in [0.29, 0.717) is 35.8 Å². The van der Waals surface area contributed by atoms with E-state index in [1.807, 2.05) is 31.2 Å². The van der Waals surface area contributed by atoms with Crippen LogP contribution in [0.3, 0.4) is 0 Å². The van der Waals surface area contributed by atoms with Crippen molar-refractivity contribution in [3.05, 3.63) is 58.6 Å². The second kappa shape index (κ2) is 8.92. The van der Waals surface area contributed by atoms with Crippen molar-refractivity contribution in [2.75, 3.05) is 20.3 Å². The van der Waals surface area contributed by atoms with Crippen LogP contribution in [0, 0.1) is 5.82 Å². The number of aromatic nitrogens is 1. The lowest BCUT2D eigenvalue weighted by Gasteiger charge is -2.06. The minimum atomic E-state index is -0.332. The summed E-state index contributed by atoms with van der Waals surface area (Å²) in [5, 5.41) is 0. The molecule has 0 fully saturated rings. The van der Waals surface area contributed by atoms with Crippen molar-refractivity contribution in [3.8, 4) is 5.75 Å². The molecule has 0 aliphatic heterocycles. The van der Waals surface area contributed by atoms with Gasteiger partial charge in [-0.1, -0.05) is 29.5 Å². The van der Waals surface area contributed by atoms with E-state index < -0.39 is 0 Å². The van der Waals surface area contributed by atoms with Gasteiger partial charge >= 0.3 is 0 Å². The van der Waals surface area contributed by atoms with E-state index in [2.05, 4.69) is 4.99 Å². The second-order valence-corrected chi connectivity index (χ2v) is 6.86. The zero-order chi connectivity index (χ0) is 19.2. The van der Waals surface area contributed by atoms with Crippen LogP contribution in [0.25, 0.3) is 10.2 Å². The van der Waals surface area contributed by atoms with Gasteiger partial charge in [-0.25, -0.2) is 4.39 Å². The van der Waals surface area contributed by atoms with Crippen LogP contribution < -0.4 is 9.54 Å². The molecule has 0 spiro atoms. The van der Waals surface area contributed by atoms with E-state index >= 15 is 0 Å². The number of para-hydroxylation sites is 1. The van der Waals surface area contributed by atoms with Crippen molar-refractivity contribution >= 4 is 27.5 Å². The molecule has 3 aromatic rings. The molecule has 2 aromatic carbocycles. The monoisotopic (exact) mass is 388 g/mol. The van der Waals surface area contributed by atoms with E-state index in [0.717, 1.165) is 10.3 Å². The molecule has 0 saturated carbocycles. The van der Waals surface area contributed by atoms with Crippen molar-refractivity contribution in [1.82, 2.24) is 4.57 Å². The fourth-order valence-electron chi connectivity index (χ4n) is 2.78. The number of nitrogens with zero attached hydrogens (tertiary/aromatic N) is 2. The number of rotatable bonds is 7. The Hall–Kier alpha value is -2.51. The summed E-state index contributed by atoms with van der Waals surface area (Å²) in [6, 6.07) is 12.2. The Morgan fingerprint density at radius 2 is 2.07 bits per heavy atom. The largest absolute Gasteiger partial charge is 0.497 e. The number of thiazole rings is 1. The first-order chi connectivity index (χ1) is 13.1. The summed E-state index contributed by atoms with van der Waals surface area (Å²) >= 11 is 1.30. The lowest BCUT2D eigenvalue weighted by atomic mass is 10.1. The summed E-state index contributed by atoms with van der Waals surface area (Å²) in [6.07, 6.45) is 0.152. The number of carbonyl (C=O) groups excluding carboxylic acids is 1. The maximum Gasteiger partial charge on any atom is 0.252 e. The normalized spacial score (nSPS) is 11.9. The van der Waals surface area contributed by atoms with Gasteiger partial charge < -0.3 is 14.0 Å². The summed E-state index contributed by atoms with van der Waals surface area (Å²) in [6.45, 7) is 3.33. The van der Waals surface area contributed by atoms with Gasteiger partial charge in [-0.15, -0.1) is 0 Å². The average molecular weight is 388 g/mol. The summed E-state index contributed by atoms with van der Waals surface area (Å²) in [7, 11) is 1.58. The average Bonchev–Trinajstić information content (AvgIpc) is 3.00. The topological polar surface area (TPSA) is 52.8 Å². The summed E-state index contributed by atoms with van der Waals surface area (Å²) in [5.74, 6) is 0.0679. The maximum absolute atomic E-state index is 14.3. The number of methoxy groups -OCH3 is 1. The highest BCUT2D eigenvalue weighted by atomic mass is 32.1. The standard InChI is InChI=1S/C20H21FN2O3S/c1-3-26-11-10-23-19-16(21)8-5-9-17(19)27-20(23)22-18(24)13-14-6-4-7-15(12-14)25-2/h4-9,12H,3,10-11,13H2,1-2H3. The molecule has 0 bridgehead atoms. The van der Waals surface area contributed by atoms with Gasteiger partial charge in [-0.3, -0.25) is 4.79 Å². The Balaban J connectivity index is 1.94. The maximum atomic E-state index is 14.3. The molecular weight excluding hydrogens is 367 g/mol. The highest BCUT2D eigenvalue weighted by Crippen LogP contribution is 2.20. The second-order valence-electron chi connectivity index (χ2n) is 5.85. The number of amides is 1. The Morgan fingerprint density at radius 1 is 1.26 bits per heavy atom. The van der Waals surface area contributed by atoms with E-state index in [4.69, 9.17) is 9.47 Å². The Kier molecular flexibility index (Phi) is 6.36. The number of fused-ring (bicyclic) bond motifs is 1. The SMILES string of the molecule is CCOCCn1c(=NC(=O)Cc2cccc(OC)c2)sc2cccc(F)c21. The van der Waals surface area contributed by atoms with Gasteiger partial charge in [-0.2, -0.15) is 4.99 Å². The molecule has 0 saturated heterocycles. The van der Waals surface area contributed by atoms with Crippen molar-refractivity contribution in [2.45, 2.75) is 19.9 Å². The van der Waals surface area contributed by atoms with Gasteiger partial charge in [-0.05, 0) is 36.8 Å². The molecule has 142 valence electrons. The fourth-order valence-corrected chi connectivity index (χ4v) is 3.87. The first kappa shape index (κ1) is 19.3. The molecule has 0 aliphatic rings. The highest BCUT2D eigenvalue weighted by molar-refractivity contribution is 7.16. The van der Waals surface area contributed by atoms with Gasteiger partial charge in [0.2, 0.25) is 0 Å². The zero-order valence-corrected chi connectivity index (χ0v) is 16.1. The van der Waals surface area contributed by atoms with E-state index in [-0.39, 0.29) is 18.1 Å². The van der Waals surface area contributed by atoms with Crippen LogP contribution in [0.1, 0.15) is 12.5 Å².